The lowest BCUT2D eigenvalue weighted by atomic mass is 10.1. The zero-order valence-corrected chi connectivity index (χ0v) is 15.3. The SMILES string of the molecule is Cc1cc(C)c(NC(=O)CC(=O)Nc2ccc(Cl)c(Cl)c2)c(Cl)c1. The van der Waals surface area contributed by atoms with Crippen LogP contribution in [0.3, 0.4) is 0 Å². The van der Waals surface area contributed by atoms with Crippen LogP contribution in [0.1, 0.15) is 17.5 Å². The summed E-state index contributed by atoms with van der Waals surface area (Å²) < 4.78 is 0. The monoisotopic (exact) mass is 384 g/mol. The Hall–Kier alpha value is -1.75. The Morgan fingerprint density at radius 3 is 2.17 bits per heavy atom. The van der Waals surface area contributed by atoms with Crippen LogP contribution in [0, 0.1) is 13.8 Å². The minimum atomic E-state index is -0.466. The lowest BCUT2D eigenvalue weighted by Crippen LogP contribution is -2.22. The smallest absolute Gasteiger partial charge is 0.233 e. The molecule has 2 amide bonds. The lowest BCUT2D eigenvalue weighted by molar-refractivity contribution is -0.123. The van der Waals surface area contributed by atoms with Gasteiger partial charge in [0.25, 0.3) is 0 Å². The van der Waals surface area contributed by atoms with E-state index in [0.717, 1.165) is 11.1 Å². The summed E-state index contributed by atoms with van der Waals surface area (Å²) in [4.78, 5) is 24.0. The van der Waals surface area contributed by atoms with E-state index < -0.39 is 11.8 Å². The molecule has 2 aromatic rings. The van der Waals surface area contributed by atoms with Crippen molar-refractivity contribution in [1.82, 2.24) is 0 Å². The number of nitrogens with one attached hydrogen (secondary N) is 2. The molecule has 126 valence electrons. The van der Waals surface area contributed by atoms with E-state index in [1.807, 2.05) is 19.9 Å². The molecule has 0 bridgehead atoms. The highest BCUT2D eigenvalue weighted by atomic mass is 35.5. The van der Waals surface area contributed by atoms with E-state index in [2.05, 4.69) is 10.6 Å². The number of benzene rings is 2. The van der Waals surface area contributed by atoms with E-state index in [4.69, 9.17) is 34.8 Å². The van der Waals surface area contributed by atoms with Crippen molar-refractivity contribution in [2.24, 2.45) is 0 Å². The van der Waals surface area contributed by atoms with E-state index in [1.165, 1.54) is 6.07 Å². The van der Waals surface area contributed by atoms with Gasteiger partial charge < -0.3 is 10.6 Å². The summed E-state index contributed by atoms with van der Waals surface area (Å²) in [6, 6.07) is 8.33. The second-order valence-electron chi connectivity index (χ2n) is 5.34. The molecule has 0 spiro atoms. The number of hydrogen-bond acceptors (Lipinski definition) is 2. The molecule has 0 saturated heterocycles. The van der Waals surface area contributed by atoms with Crippen molar-refractivity contribution in [3.05, 3.63) is 56.5 Å². The van der Waals surface area contributed by atoms with Gasteiger partial charge in [0, 0.05) is 5.69 Å². The third-order valence-electron chi connectivity index (χ3n) is 3.22. The number of hydrogen-bond donors (Lipinski definition) is 2. The molecule has 0 aliphatic carbocycles. The van der Waals surface area contributed by atoms with Crippen LogP contribution in [0.5, 0.6) is 0 Å². The fraction of sp³-hybridized carbons (Fsp3) is 0.176. The first kappa shape index (κ1) is 18.6. The van der Waals surface area contributed by atoms with Gasteiger partial charge in [0.1, 0.15) is 6.42 Å². The van der Waals surface area contributed by atoms with Crippen molar-refractivity contribution in [2.45, 2.75) is 20.3 Å². The number of amides is 2. The molecule has 0 radical (unpaired) electrons. The number of carbonyl (C=O) groups excluding carboxylic acids is 2. The average molecular weight is 386 g/mol. The molecule has 0 aromatic heterocycles. The van der Waals surface area contributed by atoms with Gasteiger partial charge in [-0.25, -0.2) is 0 Å². The molecule has 0 fully saturated rings. The van der Waals surface area contributed by atoms with Crippen molar-refractivity contribution in [1.29, 1.82) is 0 Å². The Kier molecular flexibility index (Phi) is 6.10. The molecular weight excluding hydrogens is 371 g/mol. The van der Waals surface area contributed by atoms with Crippen molar-refractivity contribution in [2.75, 3.05) is 10.6 Å². The van der Waals surface area contributed by atoms with Crippen LogP contribution < -0.4 is 10.6 Å². The van der Waals surface area contributed by atoms with Crippen molar-refractivity contribution >= 4 is 58.0 Å². The van der Waals surface area contributed by atoms with Gasteiger partial charge in [-0.1, -0.05) is 40.9 Å². The highest BCUT2D eigenvalue weighted by Crippen LogP contribution is 2.28. The Bertz CT molecular complexity index is 783. The van der Waals surface area contributed by atoms with Crippen molar-refractivity contribution in [3.8, 4) is 0 Å². The van der Waals surface area contributed by atoms with Gasteiger partial charge in [-0.05, 0) is 49.2 Å². The fourth-order valence-corrected chi connectivity index (χ4v) is 2.85. The summed E-state index contributed by atoms with van der Waals surface area (Å²) in [6.07, 6.45) is -0.343. The first-order valence-electron chi connectivity index (χ1n) is 7.08. The molecule has 4 nitrogen and oxygen atoms in total. The molecule has 0 atom stereocenters. The van der Waals surface area contributed by atoms with Gasteiger partial charge in [-0.2, -0.15) is 0 Å². The molecule has 0 heterocycles. The largest absolute Gasteiger partial charge is 0.326 e. The molecule has 0 unspecified atom stereocenters. The topological polar surface area (TPSA) is 58.2 Å². The molecule has 7 heteroatoms. The minimum Gasteiger partial charge on any atom is -0.326 e. The maximum Gasteiger partial charge on any atom is 0.233 e. The predicted octanol–water partition coefficient (Wildman–Crippen LogP) is 5.23. The highest BCUT2D eigenvalue weighted by molar-refractivity contribution is 6.42. The normalized spacial score (nSPS) is 10.4. The van der Waals surface area contributed by atoms with Crippen LogP contribution in [-0.4, -0.2) is 11.8 Å². The zero-order chi connectivity index (χ0) is 17.9. The van der Waals surface area contributed by atoms with Crippen molar-refractivity contribution in [3.63, 3.8) is 0 Å². The van der Waals surface area contributed by atoms with E-state index in [0.29, 0.717) is 26.4 Å². The van der Waals surface area contributed by atoms with E-state index in [1.54, 1.807) is 18.2 Å². The first-order valence-corrected chi connectivity index (χ1v) is 8.21. The van der Waals surface area contributed by atoms with Gasteiger partial charge in [-0.3, -0.25) is 9.59 Å². The number of halogens is 3. The van der Waals surface area contributed by atoms with E-state index in [9.17, 15) is 9.59 Å². The molecule has 2 rings (SSSR count). The third kappa shape index (κ3) is 4.87. The standard InChI is InChI=1S/C17H15Cl3N2O2/c1-9-5-10(2)17(14(20)6-9)22-16(24)8-15(23)21-11-3-4-12(18)13(19)7-11/h3-7H,8H2,1-2H3,(H,21,23)(H,22,24). The Labute approximate surface area is 155 Å². The van der Waals surface area contributed by atoms with Gasteiger partial charge >= 0.3 is 0 Å². The third-order valence-corrected chi connectivity index (χ3v) is 4.26. The van der Waals surface area contributed by atoms with Crippen LogP contribution in [0.15, 0.2) is 30.3 Å². The van der Waals surface area contributed by atoms with Crippen LogP contribution in [0.25, 0.3) is 0 Å². The molecule has 0 saturated carbocycles. The van der Waals surface area contributed by atoms with Crippen LogP contribution in [0.2, 0.25) is 15.1 Å². The summed E-state index contributed by atoms with van der Waals surface area (Å²) in [6.45, 7) is 3.75. The quantitative estimate of drug-likeness (QED) is 0.708. The number of rotatable bonds is 4. The van der Waals surface area contributed by atoms with Gasteiger partial charge in [0.2, 0.25) is 11.8 Å². The molecule has 0 aliphatic heterocycles. The summed E-state index contributed by atoms with van der Waals surface area (Å²) in [7, 11) is 0. The Morgan fingerprint density at radius 2 is 1.54 bits per heavy atom. The number of anilines is 2. The van der Waals surface area contributed by atoms with Crippen LogP contribution in [0.4, 0.5) is 11.4 Å². The minimum absolute atomic E-state index is 0.320. The van der Waals surface area contributed by atoms with Gasteiger partial charge in [0.15, 0.2) is 0 Å². The summed E-state index contributed by atoms with van der Waals surface area (Å²) >= 11 is 17.8. The maximum atomic E-state index is 12.0. The first-order chi connectivity index (χ1) is 11.3. The second-order valence-corrected chi connectivity index (χ2v) is 6.56. The zero-order valence-electron chi connectivity index (χ0n) is 13.0. The maximum absolute atomic E-state index is 12.0. The second kappa shape index (κ2) is 7.88. The Balaban J connectivity index is 1.99. The summed E-state index contributed by atoms with van der Waals surface area (Å²) in [5.74, 6) is -0.923. The summed E-state index contributed by atoms with van der Waals surface area (Å²) in [5, 5.41) is 6.40. The fourth-order valence-electron chi connectivity index (χ4n) is 2.18. The van der Waals surface area contributed by atoms with Crippen LogP contribution >= 0.6 is 34.8 Å². The highest BCUT2D eigenvalue weighted by Gasteiger charge is 2.14. The molecule has 0 aliphatic rings. The van der Waals surface area contributed by atoms with Gasteiger partial charge in [-0.15, -0.1) is 0 Å². The predicted molar refractivity (Wildman–Crippen MR) is 99.3 cm³/mol. The van der Waals surface area contributed by atoms with Crippen molar-refractivity contribution < 1.29 is 9.59 Å². The lowest BCUT2D eigenvalue weighted by Gasteiger charge is -2.12. The molecule has 2 aromatic carbocycles. The van der Waals surface area contributed by atoms with E-state index >= 15 is 0 Å². The summed E-state index contributed by atoms with van der Waals surface area (Å²) in [5.41, 5.74) is 2.80. The Morgan fingerprint density at radius 1 is 0.875 bits per heavy atom. The molecule has 24 heavy (non-hydrogen) atoms. The molecule has 2 N–H and O–H groups in total. The van der Waals surface area contributed by atoms with E-state index in [-0.39, 0.29) is 6.42 Å². The average Bonchev–Trinajstić information content (AvgIpc) is 2.46. The number of aryl methyl sites for hydroxylation is 2. The van der Waals surface area contributed by atoms with Gasteiger partial charge in [0.05, 0.1) is 20.8 Å². The van der Waals surface area contributed by atoms with Crippen LogP contribution in [-0.2, 0) is 9.59 Å². The number of carbonyl (C=O) groups is 2. The molecular formula is C17H15Cl3N2O2.